The molecule has 0 amide bonds. The number of aliphatic hydroxyl groups is 5. The van der Waals surface area contributed by atoms with Gasteiger partial charge in [-0.25, -0.2) is 0 Å². The number of aliphatic hydroxyl groups excluding tert-OH is 4. The van der Waals surface area contributed by atoms with Crippen LogP contribution in [0.15, 0.2) is 24.3 Å². The van der Waals surface area contributed by atoms with Gasteiger partial charge in [-0.1, -0.05) is 31.2 Å². The minimum Gasteiger partial charge on any atom is -0.462 e. The van der Waals surface area contributed by atoms with Crippen molar-refractivity contribution in [1.82, 2.24) is 4.90 Å². The second-order valence-electron chi connectivity index (χ2n) is 14.3. The van der Waals surface area contributed by atoms with Crippen molar-refractivity contribution in [2.75, 3.05) is 21.2 Å². The Bertz CT molecular complexity index is 1100. The molecule has 2 saturated heterocycles. The van der Waals surface area contributed by atoms with Crippen LogP contribution >= 0.6 is 0 Å². The zero-order valence-corrected chi connectivity index (χ0v) is 30.0. The highest BCUT2D eigenvalue weighted by Crippen LogP contribution is 2.36. The molecule has 14 heteroatoms. The van der Waals surface area contributed by atoms with E-state index >= 15 is 0 Å². The molecule has 16 atom stereocenters. The number of nitrogens with zero attached hydrogens (tertiary/aromatic N) is 1. The largest absolute Gasteiger partial charge is 0.462 e. The molecule has 0 aromatic rings. The van der Waals surface area contributed by atoms with Crippen LogP contribution in [0.3, 0.4) is 0 Å². The summed E-state index contributed by atoms with van der Waals surface area (Å²) in [5.74, 6) is -1.64. The van der Waals surface area contributed by atoms with E-state index in [1.807, 2.05) is 13.0 Å². The van der Waals surface area contributed by atoms with Crippen molar-refractivity contribution < 1.29 is 63.5 Å². The topological polar surface area (TPSA) is 194 Å². The first-order valence-electron chi connectivity index (χ1n) is 17.2. The Morgan fingerprint density at radius 2 is 1.69 bits per heavy atom. The van der Waals surface area contributed by atoms with Gasteiger partial charge in [-0.05, 0) is 60.0 Å². The van der Waals surface area contributed by atoms with Gasteiger partial charge in [0.2, 0.25) is 0 Å². The number of rotatable bonds is 8. The molecule has 282 valence electrons. The van der Waals surface area contributed by atoms with E-state index < -0.39 is 104 Å². The van der Waals surface area contributed by atoms with E-state index in [-0.39, 0.29) is 25.2 Å². The molecule has 3 rings (SSSR count). The molecule has 5 N–H and O–H groups in total. The van der Waals surface area contributed by atoms with E-state index in [4.69, 9.17) is 28.4 Å². The number of likely N-dealkylation sites (N-methyl/N-ethyl adjacent to an activating group) is 1. The Hall–Kier alpha value is -1.82. The van der Waals surface area contributed by atoms with Crippen LogP contribution in [0.25, 0.3) is 0 Å². The van der Waals surface area contributed by atoms with Gasteiger partial charge in [-0.3, -0.25) is 4.79 Å². The number of esters is 1. The lowest BCUT2D eigenvalue weighted by Gasteiger charge is -2.50. The zero-order valence-electron chi connectivity index (χ0n) is 30.0. The summed E-state index contributed by atoms with van der Waals surface area (Å²) < 4.78 is 36.1. The fraction of sp³-hybridized carbons (Fsp3) is 0.829. The molecule has 2 fully saturated rings. The maximum atomic E-state index is 12.8. The molecule has 0 aliphatic carbocycles. The fourth-order valence-corrected chi connectivity index (χ4v) is 7.04. The number of allylic oxidation sites excluding steroid dienone is 2. The third-order valence-electron chi connectivity index (χ3n) is 9.83. The predicted octanol–water partition coefficient (Wildman–Crippen LogP) is 0.846. The molecule has 0 bridgehead atoms. The molecule has 0 spiro atoms. The molecular formula is C35H59NO13. The van der Waals surface area contributed by atoms with E-state index in [1.54, 1.807) is 58.0 Å². The van der Waals surface area contributed by atoms with Crippen molar-refractivity contribution in [2.45, 2.75) is 152 Å². The lowest BCUT2D eigenvalue weighted by Crippen LogP contribution is -2.65. The normalized spacial score (nSPS) is 46.2. The van der Waals surface area contributed by atoms with Gasteiger partial charge < -0.3 is 63.6 Å². The van der Waals surface area contributed by atoms with Gasteiger partial charge in [0.15, 0.2) is 12.6 Å². The van der Waals surface area contributed by atoms with Crippen molar-refractivity contribution in [3.05, 3.63) is 24.3 Å². The van der Waals surface area contributed by atoms with Gasteiger partial charge in [0.25, 0.3) is 0 Å². The Kier molecular flexibility index (Phi) is 15.8. The molecule has 0 radical (unpaired) electrons. The smallest absolute Gasteiger partial charge is 0.308 e. The van der Waals surface area contributed by atoms with Crippen LogP contribution in [0, 0.1) is 11.8 Å². The summed E-state index contributed by atoms with van der Waals surface area (Å²) >= 11 is 0. The van der Waals surface area contributed by atoms with Gasteiger partial charge in [0.1, 0.15) is 36.8 Å². The van der Waals surface area contributed by atoms with E-state index in [0.717, 1.165) is 6.29 Å². The number of cyclic esters (lactones) is 1. The van der Waals surface area contributed by atoms with Crippen molar-refractivity contribution in [3.8, 4) is 0 Å². The molecular weight excluding hydrogens is 642 g/mol. The number of ether oxygens (including phenoxy) is 6. The quantitative estimate of drug-likeness (QED) is 0.177. The number of methoxy groups -OCH3 is 1. The zero-order chi connectivity index (χ0) is 36.6. The van der Waals surface area contributed by atoms with Crippen LogP contribution in [-0.2, 0) is 38.0 Å². The highest BCUT2D eigenvalue weighted by molar-refractivity contribution is 5.70. The van der Waals surface area contributed by atoms with Crippen LogP contribution in [0.5, 0.6) is 0 Å². The summed E-state index contributed by atoms with van der Waals surface area (Å²) in [6, 6.07) is -0.721. The maximum Gasteiger partial charge on any atom is 0.308 e. The average molecular weight is 702 g/mol. The molecule has 14 nitrogen and oxygen atoms in total. The Labute approximate surface area is 289 Å². The van der Waals surface area contributed by atoms with Crippen LogP contribution in [0.4, 0.5) is 0 Å². The first kappa shape index (κ1) is 41.6. The second-order valence-corrected chi connectivity index (χ2v) is 14.3. The fourth-order valence-electron chi connectivity index (χ4n) is 7.04. The number of carbonyl (C=O) groups is 2. The van der Waals surface area contributed by atoms with Crippen LogP contribution in [0.2, 0.25) is 0 Å². The van der Waals surface area contributed by atoms with Crippen LogP contribution in [0.1, 0.15) is 66.7 Å². The maximum absolute atomic E-state index is 12.8. The summed E-state index contributed by atoms with van der Waals surface area (Å²) in [6.07, 6.45) is -4.00. The molecule has 0 saturated carbocycles. The van der Waals surface area contributed by atoms with Gasteiger partial charge in [-0.2, -0.15) is 0 Å². The van der Waals surface area contributed by atoms with E-state index in [9.17, 15) is 35.1 Å². The average Bonchev–Trinajstić information content (AvgIpc) is 3.00. The molecule has 3 aliphatic rings. The highest BCUT2D eigenvalue weighted by Gasteiger charge is 2.51. The first-order chi connectivity index (χ1) is 23.0. The van der Waals surface area contributed by atoms with E-state index in [2.05, 4.69) is 0 Å². The summed E-state index contributed by atoms with van der Waals surface area (Å²) in [4.78, 5) is 26.6. The molecule has 3 aliphatic heterocycles. The molecule has 0 aromatic heterocycles. The minimum absolute atomic E-state index is 0.0164. The third-order valence-corrected chi connectivity index (χ3v) is 9.83. The standard InChI is InChI=1S/C35H59NO13/c1-19-16-23(14-15-37)31(32(44-8)25(39)17-26(40)45-20(2)12-10-9-11-13-24(19)38)49-34-29(41)28(36(6)7)30(21(3)47-34)48-27-18-35(5,43)33(42)22(4)46-27/h9-11,13,15,19-25,27-34,38-39,41-43H,12,14,16-18H2,1-8H3/b10-9+,13-11+/t19-,20+,21+,22-,23+,24+,25+,27+,28+,29+,30+,31-,32+,33-,34-,35-/m1/s1. The van der Waals surface area contributed by atoms with Crippen molar-refractivity contribution in [2.24, 2.45) is 11.8 Å². The number of carbonyl (C=O) groups excluding carboxylic acids is 2. The third kappa shape index (κ3) is 11.1. The molecule has 49 heavy (non-hydrogen) atoms. The Morgan fingerprint density at radius 3 is 2.31 bits per heavy atom. The summed E-state index contributed by atoms with van der Waals surface area (Å²) in [6.45, 7) is 8.44. The van der Waals surface area contributed by atoms with Gasteiger partial charge in [-0.15, -0.1) is 0 Å². The van der Waals surface area contributed by atoms with Crippen LogP contribution < -0.4 is 0 Å². The van der Waals surface area contributed by atoms with E-state index in [1.165, 1.54) is 14.0 Å². The number of aldehydes is 1. The van der Waals surface area contributed by atoms with Gasteiger partial charge in [0, 0.05) is 26.4 Å². The Morgan fingerprint density at radius 1 is 1.00 bits per heavy atom. The minimum atomic E-state index is -1.46. The lowest BCUT2D eigenvalue weighted by molar-refractivity contribution is -0.344. The summed E-state index contributed by atoms with van der Waals surface area (Å²) in [7, 11) is 4.86. The molecule has 0 aromatic carbocycles. The van der Waals surface area contributed by atoms with Gasteiger partial charge in [0.05, 0.1) is 48.6 Å². The number of hydrogen-bond acceptors (Lipinski definition) is 14. The molecule has 3 heterocycles. The predicted molar refractivity (Wildman–Crippen MR) is 177 cm³/mol. The summed E-state index contributed by atoms with van der Waals surface area (Å²) in [5.41, 5.74) is -1.46. The molecule has 0 unspecified atom stereocenters. The van der Waals surface area contributed by atoms with E-state index in [0.29, 0.717) is 6.42 Å². The summed E-state index contributed by atoms with van der Waals surface area (Å²) in [5, 5.41) is 55.2. The lowest BCUT2D eigenvalue weighted by atomic mass is 9.82. The van der Waals surface area contributed by atoms with Crippen LogP contribution in [-0.4, -0.2) is 149 Å². The Balaban J connectivity index is 1.94. The SMILES string of the molecule is CO[C@@H]1[C@H](O[C@H]2O[C@@H](C)[C@H](O[C@H]3C[C@@](C)(O)[C@H](O)[C@@H](C)O3)[C@@H](N(C)C)[C@@H]2O)[C@@H](CC=O)C[C@@H](C)[C@@H](O)/C=C/C=C/C[C@H](C)OC(=O)C[C@@H]1O. The highest BCUT2D eigenvalue weighted by atomic mass is 16.7. The van der Waals surface area contributed by atoms with Crippen molar-refractivity contribution in [3.63, 3.8) is 0 Å². The monoisotopic (exact) mass is 701 g/mol. The van der Waals surface area contributed by atoms with Crippen molar-refractivity contribution >= 4 is 12.3 Å². The second kappa shape index (κ2) is 18.6. The first-order valence-corrected chi connectivity index (χ1v) is 17.2. The van der Waals surface area contributed by atoms with Crippen molar-refractivity contribution in [1.29, 1.82) is 0 Å². The number of hydrogen-bond donors (Lipinski definition) is 5. The van der Waals surface area contributed by atoms with Gasteiger partial charge >= 0.3 is 5.97 Å².